The molecule has 1 aromatic heterocycles. The van der Waals surface area contributed by atoms with Crippen LogP contribution in [0.1, 0.15) is 18.9 Å². The molecule has 1 fully saturated rings. The summed E-state index contributed by atoms with van der Waals surface area (Å²) in [4.78, 5) is 6.35. The van der Waals surface area contributed by atoms with E-state index >= 15 is 0 Å². The summed E-state index contributed by atoms with van der Waals surface area (Å²) < 4.78 is 1.83. The van der Waals surface area contributed by atoms with Gasteiger partial charge in [0.1, 0.15) is 12.7 Å². The van der Waals surface area contributed by atoms with Crippen LogP contribution in [0.25, 0.3) is 0 Å². The summed E-state index contributed by atoms with van der Waals surface area (Å²) in [5.41, 5.74) is 2.43. The number of hydrogen-bond acceptors (Lipinski definition) is 4. The van der Waals surface area contributed by atoms with Crippen molar-refractivity contribution in [1.82, 2.24) is 19.7 Å². The van der Waals surface area contributed by atoms with Crippen LogP contribution < -0.4 is 5.32 Å². The highest BCUT2D eigenvalue weighted by Crippen LogP contribution is 2.20. The molecule has 5 nitrogen and oxygen atoms in total. The highest BCUT2D eigenvalue weighted by atomic mass is 15.3. The Labute approximate surface area is 119 Å². The van der Waals surface area contributed by atoms with Crippen LogP contribution in [0.2, 0.25) is 0 Å². The van der Waals surface area contributed by atoms with Gasteiger partial charge in [0, 0.05) is 24.3 Å². The number of nitrogens with zero attached hydrogens (tertiary/aromatic N) is 4. The van der Waals surface area contributed by atoms with Gasteiger partial charge >= 0.3 is 0 Å². The fraction of sp³-hybridized carbons (Fsp3) is 0.467. The first-order valence-electron chi connectivity index (χ1n) is 7.09. The van der Waals surface area contributed by atoms with E-state index in [1.807, 2.05) is 4.68 Å². The van der Waals surface area contributed by atoms with Crippen LogP contribution in [-0.2, 0) is 6.54 Å². The standard InChI is InChI=1S/C15H21N5/c1-12-7-15(9-19(12)2)18-14-5-3-13(4-6-14)8-20-11-16-10-17-20/h3-6,10-12,15,18H,7-9H2,1-2H3. The van der Waals surface area contributed by atoms with E-state index in [1.165, 1.54) is 17.7 Å². The monoisotopic (exact) mass is 271 g/mol. The van der Waals surface area contributed by atoms with Crippen molar-refractivity contribution in [3.63, 3.8) is 0 Å². The molecular weight excluding hydrogens is 250 g/mol. The number of aromatic nitrogens is 3. The fourth-order valence-corrected chi connectivity index (χ4v) is 2.74. The van der Waals surface area contributed by atoms with E-state index in [1.54, 1.807) is 12.7 Å². The number of anilines is 1. The van der Waals surface area contributed by atoms with E-state index in [2.05, 4.69) is 58.5 Å². The average Bonchev–Trinajstić information content (AvgIpc) is 3.03. The Balaban J connectivity index is 1.59. The molecule has 0 saturated carbocycles. The maximum Gasteiger partial charge on any atom is 0.137 e. The first-order valence-corrected chi connectivity index (χ1v) is 7.09. The van der Waals surface area contributed by atoms with Gasteiger partial charge in [0.25, 0.3) is 0 Å². The third-order valence-electron chi connectivity index (χ3n) is 4.02. The number of likely N-dealkylation sites (tertiary alicyclic amines) is 1. The molecule has 106 valence electrons. The molecule has 1 N–H and O–H groups in total. The second-order valence-electron chi connectivity index (χ2n) is 5.66. The lowest BCUT2D eigenvalue weighted by Crippen LogP contribution is -2.24. The maximum atomic E-state index is 4.12. The van der Waals surface area contributed by atoms with Gasteiger partial charge in [-0.3, -0.25) is 0 Å². The second-order valence-corrected chi connectivity index (χ2v) is 5.66. The SMILES string of the molecule is CC1CC(Nc2ccc(Cn3cncn3)cc2)CN1C. The minimum absolute atomic E-state index is 0.552. The van der Waals surface area contributed by atoms with Gasteiger partial charge in [-0.15, -0.1) is 0 Å². The molecule has 2 heterocycles. The molecule has 20 heavy (non-hydrogen) atoms. The van der Waals surface area contributed by atoms with E-state index < -0.39 is 0 Å². The molecule has 2 atom stereocenters. The summed E-state index contributed by atoms with van der Waals surface area (Å²) in [5.74, 6) is 0. The number of likely N-dealkylation sites (N-methyl/N-ethyl adjacent to an activating group) is 1. The molecular formula is C15H21N5. The maximum absolute atomic E-state index is 4.12. The summed E-state index contributed by atoms with van der Waals surface area (Å²) in [6.07, 6.45) is 4.51. The van der Waals surface area contributed by atoms with Gasteiger partial charge in [-0.2, -0.15) is 5.10 Å². The smallest absolute Gasteiger partial charge is 0.137 e. The number of nitrogens with one attached hydrogen (secondary N) is 1. The second kappa shape index (κ2) is 5.63. The molecule has 0 amide bonds. The van der Waals surface area contributed by atoms with Crippen LogP contribution in [0.15, 0.2) is 36.9 Å². The zero-order chi connectivity index (χ0) is 13.9. The predicted octanol–water partition coefficient (Wildman–Crippen LogP) is 1.83. The van der Waals surface area contributed by atoms with Crippen molar-refractivity contribution in [2.45, 2.75) is 32.0 Å². The lowest BCUT2D eigenvalue weighted by molar-refractivity contribution is 0.330. The Hall–Kier alpha value is -1.88. The summed E-state index contributed by atoms with van der Waals surface area (Å²) in [5, 5.41) is 7.73. The highest BCUT2D eigenvalue weighted by Gasteiger charge is 2.25. The van der Waals surface area contributed by atoms with Crippen molar-refractivity contribution in [3.05, 3.63) is 42.5 Å². The van der Waals surface area contributed by atoms with E-state index in [9.17, 15) is 0 Å². The molecule has 1 saturated heterocycles. The number of rotatable bonds is 4. The first-order chi connectivity index (χ1) is 9.70. The molecule has 1 aromatic carbocycles. The van der Waals surface area contributed by atoms with Gasteiger partial charge < -0.3 is 10.2 Å². The third kappa shape index (κ3) is 2.99. The van der Waals surface area contributed by atoms with E-state index in [0.29, 0.717) is 12.1 Å². The van der Waals surface area contributed by atoms with E-state index in [0.717, 1.165) is 13.1 Å². The molecule has 2 unspecified atom stereocenters. The zero-order valence-electron chi connectivity index (χ0n) is 12.0. The van der Waals surface area contributed by atoms with Gasteiger partial charge in [0.05, 0.1) is 6.54 Å². The highest BCUT2D eigenvalue weighted by molar-refractivity contribution is 5.45. The molecule has 5 heteroatoms. The Morgan fingerprint density at radius 1 is 1.30 bits per heavy atom. The Bertz CT molecular complexity index is 524. The summed E-state index contributed by atoms with van der Waals surface area (Å²) in [7, 11) is 2.19. The molecule has 1 aliphatic rings. The van der Waals surface area contributed by atoms with Crippen LogP contribution in [-0.4, -0.2) is 45.3 Å². The van der Waals surface area contributed by atoms with Gasteiger partial charge in [-0.1, -0.05) is 12.1 Å². The topological polar surface area (TPSA) is 46.0 Å². The lowest BCUT2D eigenvalue weighted by Gasteiger charge is -2.14. The molecule has 0 radical (unpaired) electrons. The first kappa shape index (κ1) is 13.1. The summed E-state index contributed by atoms with van der Waals surface area (Å²) in [6, 6.07) is 9.80. The molecule has 0 aliphatic carbocycles. The Morgan fingerprint density at radius 3 is 2.70 bits per heavy atom. The zero-order valence-corrected chi connectivity index (χ0v) is 12.0. The third-order valence-corrected chi connectivity index (χ3v) is 4.02. The molecule has 0 bridgehead atoms. The van der Waals surface area contributed by atoms with Crippen molar-refractivity contribution in [2.24, 2.45) is 0 Å². The molecule has 2 aromatic rings. The van der Waals surface area contributed by atoms with Crippen LogP contribution in [0.5, 0.6) is 0 Å². The Kier molecular flexibility index (Phi) is 3.69. The van der Waals surface area contributed by atoms with Gasteiger partial charge in [-0.05, 0) is 38.1 Å². The molecule has 0 spiro atoms. The van der Waals surface area contributed by atoms with Crippen molar-refractivity contribution >= 4 is 5.69 Å². The van der Waals surface area contributed by atoms with Crippen molar-refractivity contribution < 1.29 is 0 Å². The lowest BCUT2D eigenvalue weighted by atomic mass is 10.1. The van der Waals surface area contributed by atoms with E-state index in [4.69, 9.17) is 0 Å². The molecule has 1 aliphatic heterocycles. The predicted molar refractivity (Wildman–Crippen MR) is 79.7 cm³/mol. The fourth-order valence-electron chi connectivity index (χ4n) is 2.74. The van der Waals surface area contributed by atoms with Gasteiger partial charge in [-0.25, -0.2) is 9.67 Å². The van der Waals surface area contributed by atoms with Crippen LogP contribution in [0.3, 0.4) is 0 Å². The van der Waals surface area contributed by atoms with Crippen LogP contribution in [0, 0.1) is 0 Å². The normalized spacial score (nSPS) is 23.1. The van der Waals surface area contributed by atoms with E-state index in [-0.39, 0.29) is 0 Å². The summed E-state index contributed by atoms with van der Waals surface area (Å²) >= 11 is 0. The van der Waals surface area contributed by atoms with Gasteiger partial charge in [0.15, 0.2) is 0 Å². The van der Waals surface area contributed by atoms with Crippen molar-refractivity contribution in [2.75, 3.05) is 18.9 Å². The van der Waals surface area contributed by atoms with Crippen LogP contribution in [0.4, 0.5) is 5.69 Å². The Morgan fingerprint density at radius 2 is 2.10 bits per heavy atom. The summed E-state index contributed by atoms with van der Waals surface area (Å²) in [6.45, 7) is 4.16. The largest absolute Gasteiger partial charge is 0.381 e. The minimum atomic E-state index is 0.552. The van der Waals surface area contributed by atoms with Gasteiger partial charge in [0.2, 0.25) is 0 Å². The minimum Gasteiger partial charge on any atom is -0.381 e. The average molecular weight is 271 g/mol. The number of benzene rings is 1. The molecule has 3 rings (SSSR count). The van der Waals surface area contributed by atoms with Crippen LogP contribution >= 0.6 is 0 Å². The van der Waals surface area contributed by atoms with Crippen molar-refractivity contribution in [1.29, 1.82) is 0 Å². The quantitative estimate of drug-likeness (QED) is 0.921. The van der Waals surface area contributed by atoms with Crippen molar-refractivity contribution in [3.8, 4) is 0 Å². The number of hydrogen-bond donors (Lipinski definition) is 1.